The summed E-state index contributed by atoms with van der Waals surface area (Å²) in [7, 11) is 0. The number of nitrogens with zero attached hydrogens (tertiary/aromatic N) is 3. The highest BCUT2D eigenvalue weighted by Gasteiger charge is 2.40. The number of hydrogen-bond acceptors (Lipinski definition) is 6. The molecule has 0 spiro atoms. The van der Waals surface area contributed by atoms with Gasteiger partial charge in [-0.1, -0.05) is 12.1 Å². The molecule has 4 amide bonds. The second-order valence-electron chi connectivity index (χ2n) is 6.80. The largest absolute Gasteiger partial charge is 0.324 e. The molecule has 2 heterocycles. The molecule has 30 heavy (non-hydrogen) atoms. The van der Waals surface area contributed by atoms with Crippen molar-refractivity contribution in [3.63, 3.8) is 0 Å². The first-order valence-electron chi connectivity index (χ1n) is 9.13. The maximum absolute atomic E-state index is 12.8. The van der Waals surface area contributed by atoms with Crippen LogP contribution in [0.3, 0.4) is 0 Å². The molecular formula is C21H16N4O4S. The van der Waals surface area contributed by atoms with Gasteiger partial charge in [-0.3, -0.25) is 24.1 Å². The summed E-state index contributed by atoms with van der Waals surface area (Å²) in [6, 6.07) is 14.1. The Balaban J connectivity index is 1.44. The third-order valence-electron chi connectivity index (χ3n) is 4.96. The van der Waals surface area contributed by atoms with Crippen LogP contribution in [-0.2, 0) is 9.59 Å². The van der Waals surface area contributed by atoms with Crippen LogP contribution in [0, 0.1) is 11.3 Å². The highest BCUT2D eigenvalue weighted by Crippen LogP contribution is 2.25. The lowest BCUT2D eigenvalue weighted by Crippen LogP contribution is -2.49. The van der Waals surface area contributed by atoms with Crippen LogP contribution in [0.2, 0.25) is 0 Å². The first-order valence-corrected chi connectivity index (χ1v) is 10.3. The Morgan fingerprint density at radius 2 is 1.70 bits per heavy atom. The van der Waals surface area contributed by atoms with E-state index >= 15 is 0 Å². The van der Waals surface area contributed by atoms with Gasteiger partial charge in [0, 0.05) is 11.4 Å². The highest BCUT2D eigenvalue weighted by atomic mass is 32.2. The summed E-state index contributed by atoms with van der Waals surface area (Å²) in [5.74, 6) is -1.12. The number of imide groups is 1. The van der Waals surface area contributed by atoms with Gasteiger partial charge in [0.05, 0.1) is 28.6 Å². The third kappa shape index (κ3) is 3.53. The number of nitriles is 1. The van der Waals surface area contributed by atoms with Gasteiger partial charge in [0.25, 0.3) is 11.8 Å². The average Bonchev–Trinajstić information content (AvgIpc) is 3.35. The molecule has 2 aromatic carbocycles. The summed E-state index contributed by atoms with van der Waals surface area (Å²) in [5.41, 5.74) is 1.55. The lowest BCUT2D eigenvalue weighted by molar-refractivity contribution is -0.136. The molecule has 2 aliphatic heterocycles. The van der Waals surface area contributed by atoms with Crippen molar-refractivity contribution in [2.75, 3.05) is 23.5 Å². The van der Waals surface area contributed by atoms with Crippen LogP contribution in [0.5, 0.6) is 0 Å². The summed E-state index contributed by atoms with van der Waals surface area (Å²) in [6.07, 6.45) is 0. The van der Waals surface area contributed by atoms with E-state index in [4.69, 9.17) is 5.26 Å². The number of benzene rings is 2. The number of anilines is 1. The van der Waals surface area contributed by atoms with Gasteiger partial charge in [0.15, 0.2) is 0 Å². The molecule has 150 valence electrons. The first kappa shape index (κ1) is 19.7. The second-order valence-corrected chi connectivity index (χ2v) is 7.80. The third-order valence-corrected chi connectivity index (χ3v) is 5.97. The fourth-order valence-corrected chi connectivity index (χ4v) is 4.55. The lowest BCUT2D eigenvalue weighted by Gasteiger charge is -2.25. The average molecular weight is 420 g/mol. The minimum absolute atomic E-state index is 0.279. The van der Waals surface area contributed by atoms with Crippen LogP contribution >= 0.6 is 11.8 Å². The van der Waals surface area contributed by atoms with Crippen molar-refractivity contribution in [1.82, 2.24) is 9.80 Å². The molecule has 1 saturated heterocycles. The van der Waals surface area contributed by atoms with Crippen LogP contribution in [0.1, 0.15) is 26.3 Å². The predicted octanol–water partition coefficient (Wildman–Crippen LogP) is 1.69. The van der Waals surface area contributed by atoms with Gasteiger partial charge in [-0.25, -0.2) is 0 Å². The zero-order valence-electron chi connectivity index (χ0n) is 15.7. The van der Waals surface area contributed by atoms with Crippen molar-refractivity contribution in [2.45, 2.75) is 6.04 Å². The normalized spacial score (nSPS) is 17.6. The van der Waals surface area contributed by atoms with Gasteiger partial charge in [-0.05, 0) is 36.4 Å². The Hall–Kier alpha value is -3.64. The molecule has 8 nitrogen and oxygen atoms in total. The number of carbonyl (C=O) groups is 4. The molecule has 2 aromatic rings. The van der Waals surface area contributed by atoms with Crippen LogP contribution in [-0.4, -0.2) is 57.6 Å². The Morgan fingerprint density at radius 1 is 1.07 bits per heavy atom. The zero-order chi connectivity index (χ0) is 21.3. The van der Waals surface area contributed by atoms with Crippen molar-refractivity contribution in [1.29, 1.82) is 5.26 Å². The molecule has 0 saturated carbocycles. The Kier molecular flexibility index (Phi) is 5.25. The standard InChI is InChI=1S/C21H16N4O4S/c22-9-13-5-7-14(8-6-13)23-19(27)17-11-30-12-25(17)18(26)10-24-20(28)15-3-1-2-4-16(15)21(24)29/h1-8,17H,10-12H2,(H,23,27). The zero-order valence-corrected chi connectivity index (χ0v) is 16.5. The number of rotatable bonds is 4. The number of nitrogens with one attached hydrogen (secondary N) is 1. The Bertz CT molecular complexity index is 1060. The second kappa shape index (κ2) is 8.00. The highest BCUT2D eigenvalue weighted by molar-refractivity contribution is 7.99. The molecule has 0 aliphatic carbocycles. The summed E-state index contributed by atoms with van der Waals surface area (Å²) < 4.78 is 0. The van der Waals surface area contributed by atoms with Gasteiger partial charge in [0.1, 0.15) is 12.6 Å². The fraction of sp³-hybridized carbons (Fsp3) is 0.190. The van der Waals surface area contributed by atoms with E-state index in [1.807, 2.05) is 6.07 Å². The number of amides is 4. The number of carbonyl (C=O) groups excluding carboxylic acids is 4. The molecular weight excluding hydrogens is 404 g/mol. The minimum atomic E-state index is -0.715. The van der Waals surface area contributed by atoms with Crippen molar-refractivity contribution < 1.29 is 19.2 Å². The van der Waals surface area contributed by atoms with Gasteiger partial charge in [-0.15, -0.1) is 11.8 Å². The molecule has 0 aromatic heterocycles. The maximum Gasteiger partial charge on any atom is 0.262 e. The first-order chi connectivity index (χ1) is 14.5. The Labute approximate surface area is 176 Å². The van der Waals surface area contributed by atoms with Crippen LogP contribution < -0.4 is 5.32 Å². The van der Waals surface area contributed by atoms with Crippen LogP contribution in [0.15, 0.2) is 48.5 Å². The Morgan fingerprint density at radius 3 is 2.30 bits per heavy atom. The van der Waals surface area contributed by atoms with E-state index in [1.165, 1.54) is 16.7 Å². The van der Waals surface area contributed by atoms with E-state index in [0.717, 1.165) is 4.90 Å². The molecule has 4 rings (SSSR count). The van der Waals surface area contributed by atoms with E-state index < -0.39 is 30.3 Å². The molecule has 0 radical (unpaired) electrons. The van der Waals surface area contributed by atoms with Gasteiger partial charge in [0.2, 0.25) is 11.8 Å². The molecule has 2 aliphatic rings. The molecule has 1 N–H and O–H groups in total. The van der Waals surface area contributed by atoms with Crippen LogP contribution in [0.25, 0.3) is 0 Å². The molecule has 9 heteroatoms. The van der Waals surface area contributed by atoms with Gasteiger partial charge in [-0.2, -0.15) is 5.26 Å². The number of fused-ring (bicyclic) bond motifs is 1. The topological polar surface area (TPSA) is 111 Å². The minimum Gasteiger partial charge on any atom is -0.324 e. The number of thioether (sulfide) groups is 1. The van der Waals surface area contributed by atoms with Gasteiger partial charge < -0.3 is 10.2 Å². The molecule has 1 unspecified atom stereocenters. The van der Waals surface area contributed by atoms with E-state index in [-0.39, 0.29) is 17.0 Å². The summed E-state index contributed by atoms with van der Waals surface area (Å²) in [4.78, 5) is 52.8. The van der Waals surface area contributed by atoms with Crippen molar-refractivity contribution in [3.05, 3.63) is 65.2 Å². The number of hydrogen-bond donors (Lipinski definition) is 1. The van der Waals surface area contributed by atoms with E-state index in [9.17, 15) is 19.2 Å². The van der Waals surface area contributed by atoms with Crippen molar-refractivity contribution >= 4 is 41.1 Å². The van der Waals surface area contributed by atoms with Gasteiger partial charge >= 0.3 is 0 Å². The predicted molar refractivity (Wildman–Crippen MR) is 110 cm³/mol. The summed E-state index contributed by atoms with van der Waals surface area (Å²) >= 11 is 1.42. The van der Waals surface area contributed by atoms with E-state index in [1.54, 1.807) is 48.5 Å². The maximum atomic E-state index is 12.8. The monoisotopic (exact) mass is 420 g/mol. The van der Waals surface area contributed by atoms with Crippen molar-refractivity contribution in [3.8, 4) is 6.07 Å². The molecule has 1 atom stereocenters. The SMILES string of the molecule is N#Cc1ccc(NC(=O)C2CSCN2C(=O)CN2C(=O)c3ccccc3C2=O)cc1. The summed E-state index contributed by atoms with van der Waals surface area (Å²) in [5, 5.41) is 11.6. The molecule has 0 bridgehead atoms. The lowest BCUT2D eigenvalue weighted by atomic mass is 10.1. The summed E-state index contributed by atoms with van der Waals surface area (Å²) in [6.45, 7) is -0.409. The smallest absolute Gasteiger partial charge is 0.262 e. The van der Waals surface area contributed by atoms with Crippen LogP contribution in [0.4, 0.5) is 5.69 Å². The van der Waals surface area contributed by atoms with Crippen molar-refractivity contribution in [2.24, 2.45) is 0 Å². The van der Waals surface area contributed by atoms with E-state index in [0.29, 0.717) is 22.9 Å². The molecule has 1 fully saturated rings. The quantitative estimate of drug-likeness (QED) is 0.754. The van der Waals surface area contributed by atoms with E-state index in [2.05, 4.69) is 5.32 Å². The fourth-order valence-electron chi connectivity index (χ4n) is 3.37.